The molecule has 7 rings (SSSR count). The van der Waals surface area contributed by atoms with Gasteiger partial charge in [-0.15, -0.1) is 0 Å². The summed E-state index contributed by atoms with van der Waals surface area (Å²) in [6.07, 6.45) is 13.5. The molecule has 5 aromatic rings. The Morgan fingerprint density at radius 1 is 0.500 bits per heavy atom. The van der Waals surface area contributed by atoms with E-state index in [1.165, 1.54) is 103 Å². The maximum Gasteiger partial charge on any atom is 0.137 e. The Labute approximate surface area is 226 Å². The number of fused-ring (bicyclic) bond motifs is 3. The maximum atomic E-state index is 6.29. The maximum absolute atomic E-state index is 6.29. The number of benzene rings is 4. The summed E-state index contributed by atoms with van der Waals surface area (Å²) in [4.78, 5) is 2.43. The third-order valence-corrected chi connectivity index (χ3v) is 9.08. The quantitative estimate of drug-likeness (QED) is 0.239. The highest BCUT2D eigenvalue weighted by Crippen LogP contribution is 2.44. The second-order valence-electron chi connectivity index (χ2n) is 11.4. The lowest BCUT2D eigenvalue weighted by Crippen LogP contribution is -2.11. The van der Waals surface area contributed by atoms with Gasteiger partial charge in [-0.2, -0.15) is 0 Å². The van der Waals surface area contributed by atoms with Gasteiger partial charge in [0.05, 0.1) is 11.1 Å². The first-order chi connectivity index (χ1) is 18.8. The fourth-order valence-corrected chi connectivity index (χ4v) is 7.03. The van der Waals surface area contributed by atoms with Gasteiger partial charge >= 0.3 is 0 Å². The van der Waals surface area contributed by atoms with E-state index in [-0.39, 0.29) is 0 Å². The Kier molecular flexibility index (Phi) is 6.41. The minimum absolute atomic E-state index is 0.710. The van der Waals surface area contributed by atoms with Crippen molar-refractivity contribution in [2.45, 2.75) is 76.0 Å². The van der Waals surface area contributed by atoms with Crippen molar-refractivity contribution < 1.29 is 4.42 Å². The predicted molar refractivity (Wildman–Crippen MR) is 160 cm³/mol. The number of nitrogens with zero attached hydrogens (tertiary/aromatic N) is 1. The van der Waals surface area contributed by atoms with E-state index in [1.54, 1.807) is 0 Å². The lowest BCUT2D eigenvalue weighted by Gasteiger charge is -2.28. The molecule has 4 aromatic carbocycles. The average molecular weight is 500 g/mol. The Morgan fingerprint density at radius 3 is 1.61 bits per heavy atom. The summed E-state index contributed by atoms with van der Waals surface area (Å²) in [5.74, 6) is 1.42. The number of hydrogen-bond acceptors (Lipinski definition) is 2. The van der Waals surface area contributed by atoms with E-state index in [9.17, 15) is 0 Å². The van der Waals surface area contributed by atoms with Crippen LogP contribution in [0.15, 0.2) is 95.4 Å². The molecule has 0 radical (unpaired) electrons. The van der Waals surface area contributed by atoms with Crippen molar-refractivity contribution in [2.24, 2.45) is 0 Å². The molecule has 2 heteroatoms. The standard InChI is InChI=1S/C36H37NO/c1-3-10-26(11-4-1)28-18-22-30(23-19-28)37(31-24-20-29(21-25-31)27-12-5-2-6-13-27)33-15-9-17-35-36(33)32-14-7-8-16-34(32)38-35/h7-9,14-27H,1-6,10-13H2. The van der Waals surface area contributed by atoms with Gasteiger partial charge < -0.3 is 9.32 Å². The molecule has 0 atom stereocenters. The van der Waals surface area contributed by atoms with E-state index in [2.05, 4.69) is 95.9 Å². The van der Waals surface area contributed by atoms with Crippen LogP contribution in [0.25, 0.3) is 21.9 Å². The third kappa shape index (κ3) is 4.41. The normalized spacial score (nSPS) is 17.3. The molecule has 0 spiro atoms. The SMILES string of the molecule is c1ccc2c(c1)oc1cccc(N(c3ccc(C4CCCCC4)cc3)c3ccc(C4CCCCC4)cc3)c12. The lowest BCUT2D eigenvalue weighted by atomic mass is 9.84. The van der Waals surface area contributed by atoms with Crippen LogP contribution in [0.4, 0.5) is 17.1 Å². The molecule has 2 nitrogen and oxygen atoms in total. The van der Waals surface area contributed by atoms with Crippen molar-refractivity contribution in [2.75, 3.05) is 4.90 Å². The van der Waals surface area contributed by atoms with E-state index < -0.39 is 0 Å². The first kappa shape index (κ1) is 23.6. The molecule has 0 N–H and O–H groups in total. The first-order valence-corrected chi connectivity index (χ1v) is 14.8. The van der Waals surface area contributed by atoms with E-state index >= 15 is 0 Å². The minimum atomic E-state index is 0.710. The van der Waals surface area contributed by atoms with E-state index in [0.717, 1.165) is 11.2 Å². The molecule has 1 aromatic heterocycles. The van der Waals surface area contributed by atoms with Crippen LogP contribution in [0.3, 0.4) is 0 Å². The van der Waals surface area contributed by atoms with Gasteiger partial charge in [0.25, 0.3) is 0 Å². The summed E-state index contributed by atoms with van der Waals surface area (Å²) in [6, 6.07) is 33.7. The van der Waals surface area contributed by atoms with Gasteiger partial charge in [-0.05, 0) is 91.1 Å². The van der Waals surface area contributed by atoms with Crippen LogP contribution < -0.4 is 4.90 Å². The molecule has 0 aliphatic heterocycles. The third-order valence-electron chi connectivity index (χ3n) is 9.08. The second-order valence-corrected chi connectivity index (χ2v) is 11.4. The number of anilines is 3. The zero-order chi connectivity index (χ0) is 25.3. The molecule has 38 heavy (non-hydrogen) atoms. The van der Waals surface area contributed by atoms with Gasteiger partial charge in [0.15, 0.2) is 0 Å². The van der Waals surface area contributed by atoms with Crippen molar-refractivity contribution in [3.63, 3.8) is 0 Å². The Bertz CT molecular complexity index is 1450. The van der Waals surface area contributed by atoms with Gasteiger partial charge in [-0.1, -0.05) is 87.1 Å². The summed E-state index contributed by atoms with van der Waals surface area (Å²) >= 11 is 0. The molecule has 2 aliphatic rings. The summed E-state index contributed by atoms with van der Waals surface area (Å²) in [7, 11) is 0. The van der Waals surface area contributed by atoms with Crippen LogP contribution in [0, 0.1) is 0 Å². The highest BCUT2D eigenvalue weighted by molar-refractivity contribution is 6.13. The average Bonchev–Trinajstić information content (AvgIpc) is 3.38. The number of furan rings is 1. The van der Waals surface area contributed by atoms with Crippen LogP contribution in [-0.2, 0) is 0 Å². The predicted octanol–water partition coefficient (Wildman–Crippen LogP) is 11.2. The Morgan fingerprint density at radius 2 is 1.03 bits per heavy atom. The summed E-state index contributed by atoms with van der Waals surface area (Å²) in [6.45, 7) is 0. The van der Waals surface area contributed by atoms with Crippen LogP contribution in [0.5, 0.6) is 0 Å². The molecule has 0 bridgehead atoms. The monoisotopic (exact) mass is 499 g/mol. The Hall–Kier alpha value is -3.52. The molecule has 2 fully saturated rings. The summed E-state index contributed by atoms with van der Waals surface area (Å²) in [5.41, 5.74) is 8.44. The molecule has 0 amide bonds. The summed E-state index contributed by atoms with van der Waals surface area (Å²) < 4.78 is 6.29. The fraction of sp³-hybridized carbons (Fsp3) is 0.333. The molecule has 2 aliphatic carbocycles. The van der Waals surface area contributed by atoms with Gasteiger partial charge in [-0.25, -0.2) is 0 Å². The van der Waals surface area contributed by atoms with E-state index in [4.69, 9.17) is 4.42 Å². The molecule has 1 heterocycles. The zero-order valence-corrected chi connectivity index (χ0v) is 22.2. The highest BCUT2D eigenvalue weighted by Gasteiger charge is 2.21. The van der Waals surface area contributed by atoms with Gasteiger partial charge in [0, 0.05) is 16.8 Å². The lowest BCUT2D eigenvalue weighted by molar-refractivity contribution is 0.443. The van der Waals surface area contributed by atoms with Gasteiger partial charge in [0.1, 0.15) is 11.2 Å². The fourth-order valence-electron chi connectivity index (χ4n) is 7.03. The molecule has 0 unspecified atom stereocenters. The molecule has 2 saturated carbocycles. The Balaban J connectivity index is 1.34. The smallest absolute Gasteiger partial charge is 0.137 e. The zero-order valence-electron chi connectivity index (χ0n) is 22.2. The molecular formula is C36H37NO. The van der Waals surface area contributed by atoms with Crippen LogP contribution >= 0.6 is 0 Å². The second kappa shape index (κ2) is 10.3. The van der Waals surface area contributed by atoms with Crippen molar-refractivity contribution in [1.82, 2.24) is 0 Å². The van der Waals surface area contributed by atoms with E-state index in [1.807, 2.05) is 0 Å². The first-order valence-electron chi connectivity index (χ1n) is 14.8. The number of hydrogen-bond donors (Lipinski definition) is 0. The minimum Gasteiger partial charge on any atom is -0.456 e. The van der Waals surface area contributed by atoms with Gasteiger partial charge in [-0.3, -0.25) is 0 Å². The highest BCUT2D eigenvalue weighted by atomic mass is 16.3. The van der Waals surface area contributed by atoms with Crippen LogP contribution in [-0.4, -0.2) is 0 Å². The number of para-hydroxylation sites is 1. The summed E-state index contributed by atoms with van der Waals surface area (Å²) in [5, 5.41) is 2.34. The van der Waals surface area contributed by atoms with Gasteiger partial charge in [0.2, 0.25) is 0 Å². The van der Waals surface area contributed by atoms with Crippen molar-refractivity contribution in [1.29, 1.82) is 0 Å². The molecule has 192 valence electrons. The molecule has 0 saturated heterocycles. The van der Waals surface area contributed by atoms with Crippen LogP contribution in [0.2, 0.25) is 0 Å². The van der Waals surface area contributed by atoms with E-state index in [0.29, 0.717) is 11.8 Å². The van der Waals surface area contributed by atoms with Crippen LogP contribution in [0.1, 0.15) is 87.2 Å². The van der Waals surface area contributed by atoms with Crippen molar-refractivity contribution in [3.8, 4) is 0 Å². The van der Waals surface area contributed by atoms with Crippen molar-refractivity contribution in [3.05, 3.63) is 102 Å². The molecular weight excluding hydrogens is 462 g/mol. The largest absolute Gasteiger partial charge is 0.456 e. The number of rotatable bonds is 5. The topological polar surface area (TPSA) is 16.4 Å². The van der Waals surface area contributed by atoms with Crippen molar-refractivity contribution >= 4 is 39.0 Å².